The largest absolute Gasteiger partial charge is 0.370 e. The Bertz CT molecular complexity index is 554. The molecule has 2 N–H and O–H groups in total. The number of rotatable bonds is 3. The zero-order valence-corrected chi connectivity index (χ0v) is 13.5. The molecule has 0 radical (unpaired) electrons. The lowest BCUT2D eigenvalue weighted by Gasteiger charge is -2.43. The van der Waals surface area contributed by atoms with Crippen LogP contribution in [-0.4, -0.2) is 35.5 Å². The molecule has 3 rings (SSSR count). The number of carbonyl (C=O) groups is 1. The molecule has 2 atom stereocenters. The number of nitrogens with zero attached hydrogens (tertiary/aromatic N) is 1. The topological polar surface area (TPSA) is 55.6 Å². The minimum absolute atomic E-state index is 0.0311. The SMILES string of the molecule is Cc1ccccc1[C@H]1CN(C(=O)CC2(N)CCC2)[C@H](C)CO1. The summed E-state index contributed by atoms with van der Waals surface area (Å²) in [6.45, 7) is 5.35. The van der Waals surface area contributed by atoms with E-state index in [0.717, 1.165) is 19.3 Å². The van der Waals surface area contributed by atoms with E-state index in [0.29, 0.717) is 19.6 Å². The minimum Gasteiger partial charge on any atom is -0.370 e. The lowest BCUT2D eigenvalue weighted by molar-refractivity contribution is -0.146. The Morgan fingerprint density at radius 2 is 2.14 bits per heavy atom. The molecule has 1 aromatic carbocycles. The van der Waals surface area contributed by atoms with Gasteiger partial charge in [-0.05, 0) is 44.2 Å². The van der Waals surface area contributed by atoms with Crippen LogP contribution in [0.5, 0.6) is 0 Å². The van der Waals surface area contributed by atoms with Gasteiger partial charge in [0.05, 0.1) is 19.2 Å². The van der Waals surface area contributed by atoms with Crippen molar-refractivity contribution in [2.24, 2.45) is 5.73 Å². The van der Waals surface area contributed by atoms with Crippen molar-refractivity contribution in [2.45, 2.75) is 57.2 Å². The summed E-state index contributed by atoms with van der Waals surface area (Å²) in [5.74, 6) is 0.177. The second-order valence-electron chi connectivity index (χ2n) is 6.97. The molecule has 1 heterocycles. The zero-order chi connectivity index (χ0) is 15.7. The van der Waals surface area contributed by atoms with Gasteiger partial charge in [-0.15, -0.1) is 0 Å². The predicted octanol–water partition coefficient (Wildman–Crippen LogP) is 2.55. The van der Waals surface area contributed by atoms with E-state index in [-0.39, 0.29) is 23.6 Å². The Hall–Kier alpha value is -1.39. The summed E-state index contributed by atoms with van der Waals surface area (Å²) in [6.07, 6.45) is 3.53. The third kappa shape index (κ3) is 3.03. The maximum absolute atomic E-state index is 12.7. The first-order valence-corrected chi connectivity index (χ1v) is 8.24. The van der Waals surface area contributed by atoms with Gasteiger partial charge in [-0.1, -0.05) is 24.3 Å². The second-order valence-corrected chi connectivity index (χ2v) is 6.97. The number of nitrogens with two attached hydrogens (primary N) is 1. The van der Waals surface area contributed by atoms with Gasteiger partial charge < -0.3 is 15.4 Å². The highest BCUT2D eigenvalue weighted by Gasteiger charge is 2.38. The molecule has 0 unspecified atom stereocenters. The highest BCUT2D eigenvalue weighted by molar-refractivity contribution is 5.78. The molecule has 1 aliphatic heterocycles. The minimum atomic E-state index is -0.257. The van der Waals surface area contributed by atoms with Crippen LogP contribution in [0.25, 0.3) is 0 Å². The number of hydrogen-bond acceptors (Lipinski definition) is 3. The molecule has 2 aliphatic rings. The molecule has 1 saturated heterocycles. The smallest absolute Gasteiger partial charge is 0.224 e. The van der Waals surface area contributed by atoms with Gasteiger partial charge in [0.15, 0.2) is 0 Å². The fourth-order valence-electron chi connectivity index (χ4n) is 3.45. The average Bonchev–Trinajstić information content (AvgIpc) is 2.47. The van der Waals surface area contributed by atoms with Crippen LogP contribution in [0, 0.1) is 6.92 Å². The standard InChI is InChI=1S/C18H26N2O2/c1-13-6-3-4-7-15(13)16-11-20(14(2)12-22-16)17(21)10-18(19)8-5-9-18/h3-4,6-7,14,16H,5,8-12,19H2,1-2H3/t14-,16-/m1/s1. The number of morpholine rings is 1. The number of amides is 1. The normalized spacial score (nSPS) is 27.3. The van der Waals surface area contributed by atoms with E-state index in [4.69, 9.17) is 10.5 Å². The van der Waals surface area contributed by atoms with Crippen LogP contribution in [0.4, 0.5) is 0 Å². The number of aryl methyl sites for hydroxylation is 1. The summed E-state index contributed by atoms with van der Waals surface area (Å²) in [5.41, 5.74) is 8.38. The van der Waals surface area contributed by atoms with E-state index in [1.165, 1.54) is 11.1 Å². The van der Waals surface area contributed by atoms with E-state index < -0.39 is 0 Å². The molecule has 2 fully saturated rings. The van der Waals surface area contributed by atoms with Crippen LogP contribution in [0.3, 0.4) is 0 Å². The van der Waals surface area contributed by atoms with Crippen molar-refractivity contribution in [2.75, 3.05) is 13.2 Å². The van der Waals surface area contributed by atoms with Crippen molar-refractivity contribution >= 4 is 5.91 Å². The highest BCUT2D eigenvalue weighted by atomic mass is 16.5. The summed E-state index contributed by atoms with van der Waals surface area (Å²) >= 11 is 0. The van der Waals surface area contributed by atoms with Gasteiger partial charge in [-0.25, -0.2) is 0 Å². The van der Waals surface area contributed by atoms with Crippen LogP contribution in [0.1, 0.15) is 49.8 Å². The fraction of sp³-hybridized carbons (Fsp3) is 0.611. The van der Waals surface area contributed by atoms with Gasteiger partial charge in [-0.3, -0.25) is 4.79 Å². The van der Waals surface area contributed by atoms with E-state index in [9.17, 15) is 4.79 Å². The lowest BCUT2D eigenvalue weighted by Crippen LogP contribution is -2.54. The Balaban J connectivity index is 1.71. The molecule has 1 saturated carbocycles. The van der Waals surface area contributed by atoms with Crippen molar-refractivity contribution in [3.63, 3.8) is 0 Å². The van der Waals surface area contributed by atoms with Gasteiger partial charge in [0.1, 0.15) is 6.10 Å². The van der Waals surface area contributed by atoms with Gasteiger partial charge in [-0.2, -0.15) is 0 Å². The first-order chi connectivity index (χ1) is 10.5. The molecule has 120 valence electrons. The summed E-state index contributed by atoms with van der Waals surface area (Å²) in [7, 11) is 0. The van der Waals surface area contributed by atoms with Crippen LogP contribution in [-0.2, 0) is 9.53 Å². The number of ether oxygens (including phenoxy) is 1. The van der Waals surface area contributed by atoms with E-state index in [1.54, 1.807) is 0 Å². The van der Waals surface area contributed by atoms with Gasteiger partial charge in [0.25, 0.3) is 0 Å². The first kappa shape index (κ1) is 15.5. The van der Waals surface area contributed by atoms with Crippen molar-refractivity contribution in [1.82, 2.24) is 4.90 Å². The molecule has 4 nitrogen and oxygen atoms in total. The predicted molar refractivity (Wildman–Crippen MR) is 86.4 cm³/mol. The summed E-state index contributed by atoms with van der Waals surface area (Å²) in [4.78, 5) is 14.6. The molecule has 1 amide bonds. The third-order valence-corrected chi connectivity index (χ3v) is 5.14. The number of benzene rings is 1. The summed E-state index contributed by atoms with van der Waals surface area (Å²) in [5, 5.41) is 0. The maximum atomic E-state index is 12.7. The highest BCUT2D eigenvalue weighted by Crippen LogP contribution is 2.34. The molecular formula is C18H26N2O2. The Morgan fingerprint density at radius 3 is 2.77 bits per heavy atom. The van der Waals surface area contributed by atoms with Crippen molar-refractivity contribution in [1.29, 1.82) is 0 Å². The van der Waals surface area contributed by atoms with E-state index >= 15 is 0 Å². The molecule has 22 heavy (non-hydrogen) atoms. The molecule has 4 heteroatoms. The quantitative estimate of drug-likeness (QED) is 0.933. The van der Waals surface area contributed by atoms with Crippen LogP contribution < -0.4 is 5.73 Å². The van der Waals surface area contributed by atoms with Crippen molar-refractivity contribution in [3.8, 4) is 0 Å². The molecule has 1 aliphatic carbocycles. The Morgan fingerprint density at radius 1 is 1.41 bits per heavy atom. The molecule has 1 aromatic rings. The first-order valence-electron chi connectivity index (χ1n) is 8.24. The second kappa shape index (κ2) is 6.01. The molecule has 0 spiro atoms. The molecule has 0 bridgehead atoms. The Kier molecular flexibility index (Phi) is 4.24. The zero-order valence-electron chi connectivity index (χ0n) is 13.5. The average molecular weight is 302 g/mol. The van der Waals surface area contributed by atoms with Crippen LogP contribution in [0.2, 0.25) is 0 Å². The van der Waals surface area contributed by atoms with Gasteiger partial charge >= 0.3 is 0 Å². The number of carbonyl (C=O) groups excluding carboxylic acids is 1. The maximum Gasteiger partial charge on any atom is 0.224 e. The van der Waals surface area contributed by atoms with Gasteiger partial charge in [0, 0.05) is 12.0 Å². The van der Waals surface area contributed by atoms with Crippen LogP contribution in [0.15, 0.2) is 24.3 Å². The lowest BCUT2D eigenvalue weighted by atomic mass is 9.75. The molecular weight excluding hydrogens is 276 g/mol. The van der Waals surface area contributed by atoms with E-state index in [2.05, 4.69) is 26.0 Å². The van der Waals surface area contributed by atoms with Crippen molar-refractivity contribution in [3.05, 3.63) is 35.4 Å². The van der Waals surface area contributed by atoms with Crippen LogP contribution >= 0.6 is 0 Å². The van der Waals surface area contributed by atoms with Gasteiger partial charge in [0.2, 0.25) is 5.91 Å². The monoisotopic (exact) mass is 302 g/mol. The summed E-state index contributed by atoms with van der Waals surface area (Å²) in [6, 6.07) is 8.36. The third-order valence-electron chi connectivity index (χ3n) is 5.14. The fourth-order valence-corrected chi connectivity index (χ4v) is 3.45. The number of hydrogen-bond donors (Lipinski definition) is 1. The summed E-state index contributed by atoms with van der Waals surface area (Å²) < 4.78 is 5.98. The van der Waals surface area contributed by atoms with E-state index in [1.807, 2.05) is 17.0 Å². The Labute approximate surface area is 132 Å². The molecule has 0 aromatic heterocycles. The van der Waals surface area contributed by atoms with Crippen molar-refractivity contribution < 1.29 is 9.53 Å².